The second kappa shape index (κ2) is 5.29. The van der Waals surface area contributed by atoms with Crippen LogP contribution in [0.1, 0.15) is 67.2 Å². The summed E-state index contributed by atoms with van der Waals surface area (Å²) in [6.07, 6.45) is 3.79. The fraction of sp³-hybridized carbons (Fsp3) is 0.882. The maximum Gasteiger partial charge on any atom is 0.246 e. The molecule has 2 aliphatic rings. The molecule has 120 valence electrons. The zero-order chi connectivity index (χ0) is 16.0. The van der Waals surface area contributed by atoms with Gasteiger partial charge in [0.25, 0.3) is 0 Å². The van der Waals surface area contributed by atoms with Gasteiger partial charge in [-0.05, 0) is 43.4 Å². The van der Waals surface area contributed by atoms with Crippen molar-refractivity contribution in [2.24, 2.45) is 10.8 Å². The lowest BCUT2D eigenvalue weighted by atomic mass is 9.63. The minimum atomic E-state index is -0.352. The summed E-state index contributed by atoms with van der Waals surface area (Å²) in [5.41, 5.74) is 0.421. The molecular formula is C17H30N2O2. The first-order valence-corrected chi connectivity index (χ1v) is 8.19. The highest BCUT2D eigenvalue weighted by Crippen LogP contribution is 2.47. The Bertz CT molecular complexity index is 426. The third kappa shape index (κ3) is 3.24. The molecule has 0 bridgehead atoms. The van der Waals surface area contributed by atoms with Crippen LogP contribution in [0.2, 0.25) is 0 Å². The van der Waals surface area contributed by atoms with Crippen molar-refractivity contribution in [2.45, 2.75) is 85.4 Å². The maximum absolute atomic E-state index is 12.7. The van der Waals surface area contributed by atoms with E-state index >= 15 is 0 Å². The predicted molar refractivity (Wildman–Crippen MR) is 83.7 cm³/mol. The molecule has 2 atom stereocenters. The molecule has 0 aromatic heterocycles. The van der Waals surface area contributed by atoms with Crippen molar-refractivity contribution < 1.29 is 9.59 Å². The molecule has 1 aliphatic heterocycles. The average molecular weight is 294 g/mol. The third-order valence-electron chi connectivity index (χ3n) is 5.00. The Hall–Kier alpha value is -1.06. The Labute approximate surface area is 128 Å². The van der Waals surface area contributed by atoms with Crippen LogP contribution in [-0.4, -0.2) is 34.8 Å². The first-order chi connectivity index (χ1) is 9.56. The molecule has 2 fully saturated rings. The molecule has 1 heterocycles. The number of nitrogens with zero attached hydrogens (tertiary/aromatic N) is 1. The van der Waals surface area contributed by atoms with E-state index in [1.54, 1.807) is 0 Å². The summed E-state index contributed by atoms with van der Waals surface area (Å²) in [6, 6.07) is -0.525. The van der Waals surface area contributed by atoms with Gasteiger partial charge >= 0.3 is 0 Å². The van der Waals surface area contributed by atoms with E-state index in [1.807, 2.05) is 18.7 Å². The third-order valence-corrected chi connectivity index (χ3v) is 5.00. The summed E-state index contributed by atoms with van der Waals surface area (Å²) in [5.74, 6) is 0.0886. The lowest BCUT2D eigenvalue weighted by molar-refractivity contribution is -0.154. The van der Waals surface area contributed by atoms with Crippen molar-refractivity contribution in [2.75, 3.05) is 0 Å². The van der Waals surface area contributed by atoms with Gasteiger partial charge in [-0.3, -0.25) is 9.59 Å². The smallest absolute Gasteiger partial charge is 0.246 e. The second-order valence-corrected chi connectivity index (χ2v) is 8.46. The number of nitrogens with one attached hydrogen (secondary N) is 1. The monoisotopic (exact) mass is 294 g/mol. The first-order valence-electron chi connectivity index (χ1n) is 8.19. The summed E-state index contributed by atoms with van der Waals surface area (Å²) in [6.45, 7) is 12.9. The van der Waals surface area contributed by atoms with Crippen molar-refractivity contribution >= 4 is 11.8 Å². The van der Waals surface area contributed by atoms with E-state index in [9.17, 15) is 9.59 Å². The van der Waals surface area contributed by atoms with Gasteiger partial charge in [-0.1, -0.05) is 34.6 Å². The van der Waals surface area contributed by atoms with Crippen LogP contribution in [0.3, 0.4) is 0 Å². The summed E-state index contributed by atoms with van der Waals surface area (Å²) in [4.78, 5) is 26.8. The minimum absolute atomic E-state index is 0.0114. The van der Waals surface area contributed by atoms with Gasteiger partial charge in [0.15, 0.2) is 0 Å². The molecule has 1 saturated heterocycles. The van der Waals surface area contributed by atoms with Crippen LogP contribution in [0.15, 0.2) is 0 Å². The number of carbonyl (C=O) groups is 2. The number of amides is 2. The average Bonchev–Trinajstić information content (AvgIpc) is 2.30. The number of hydrogen-bond acceptors (Lipinski definition) is 2. The van der Waals surface area contributed by atoms with Crippen LogP contribution in [0, 0.1) is 10.8 Å². The standard InChI is InChI=1S/C17H30N2O2/c1-7-13-15(21)19(11(2)14(20)18-13)12-8-16(3,4)10-17(5,6)9-12/h11-13H,7-10H2,1-6H3,(H,18,20). The van der Waals surface area contributed by atoms with E-state index in [-0.39, 0.29) is 40.8 Å². The topological polar surface area (TPSA) is 49.4 Å². The Morgan fingerprint density at radius 2 is 1.67 bits per heavy atom. The van der Waals surface area contributed by atoms with Crippen LogP contribution < -0.4 is 5.32 Å². The van der Waals surface area contributed by atoms with E-state index in [1.165, 1.54) is 0 Å². The molecule has 2 rings (SSSR count). The van der Waals surface area contributed by atoms with Crippen molar-refractivity contribution in [3.05, 3.63) is 0 Å². The summed E-state index contributed by atoms with van der Waals surface area (Å²) < 4.78 is 0. The van der Waals surface area contributed by atoms with Gasteiger partial charge in [0, 0.05) is 6.04 Å². The molecule has 4 heteroatoms. The summed E-state index contributed by atoms with van der Waals surface area (Å²) >= 11 is 0. The zero-order valence-electron chi connectivity index (χ0n) is 14.3. The minimum Gasteiger partial charge on any atom is -0.343 e. The maximum atomic E-state index is 12.7. The summed E-state index contributed by atoms with van der Waals surface area (Å²) in [7, 11) is 0. The summed E-state index contributed by atoms with van der Waals surface area (Å²) in [5, 5.41) is 2.85. The highest BCUT2D eigenvalue weighted by atomic mass is 16.2. The van der Waals surface area contributed by atoms with E-state index in [0.29, 0.717) is 6.42 Å². The second-order valence-electron chi connectivity index (χ2n) is 8.46. The molecule has 2 amide bonds. The van der Waals surface area contributed by atoms with Crippen LogP contribution >= 0.6 is 0 Å². The van der Waals surface area contributed by atoms with Gasteiger partial charge in [-0.15, -0.1) is 0 Å². The van der Waals surface area contributed by atoms with Gasteiger partial charge in [0.05, 0.1) is 0 Å². The molecular weight excluding hydrogens is 264 g/mol. The molecule has 0 aromatic rings. The Balaban J connectivity index is 2.29. The molecule has 1 aliphatic carbocycles. The Kier molecular flexibility index (Phi) is 4.11. The normalized spacial score (nSPS) is 33.0. The fourth-order valence-corrected chi connectivity index (χ4v) is 4.61. The van der Waals surface area contributed by atoms with Crippen LogP contribution in [0.5, 0.6) is 0 Å². The highest BCUT2D eigenvalue weighted by Gasteiger charge is 2.47. The van der Waals surface area contributed by atoms with Crippen molar-refractivity contribution in [1.82, 2.24) is 10.2 Å². The molecule has 0 spiro atoms. The fourth-order valence-electron chi connectivity index (χ4n) is 4.61. The molecule has 0 radical (unpaired) electrons. The predicted octanol–water partition coefficient (Wildman–Crippen LogP) is 2.72. The number of piperazine rings is 1. The van der Waals surface area contributed by atoms with E-state index in [4.69, 9.17) is 0 Å². The molecule has 21 heavy (non-hydrogen) atoms. The van der Waals surface area contributed by atoms with Gasteiger partial charge < -0.3 is 10.2 Å². The first kappa shape index (κ1) is 16.3. The lowest BCUT2D eigenvalue weighted by Gasteiger charge is -2.51. The molecule has 0 aromatic carbocycles. The Morgan fingerprint density at radius 3 is 2.14 bits per heavy atom. The van der Waals surface area contributed by atoms with Crippen LogP contribution in [0.4, 0.5) is 0 Å². The SMILES string of the molecule is CCC1NC(=O)C(C)N(C2CC(C)(C)CC(C)(C)C2)C1=O. The van der Waals surface area contributed by atoms with Crippen LogP contribution in [0.25, 0.3) is 0 Å². The molecule has 2 unspecified atom stereocenters. The van der Waals surface area contributed by atoms with Crippen LogP contribution in [-0.2, 0) is 9.59 Å². The number of hydrogen-bond donors (Lipinski definition) is 1. The van der Waals surface area contributed by atoms with Gasteiger partial charge in [0.1, 0.15) is 12.1 Å². The number of carbonyl (C=O) groups excluding carboxylic acids is 2. The van der Waals surface area contributed by atoms with E-state index in [2.05, 4.69) is 33.0 Å². The molecule has 1 saturated carbocycles. The number of rotatable bonds is 2. The van der Waals surface area contributed by atoms with E-state index < -0.39 is 0 Å². The van der Waals surface area contributed by atoms with Gasteiger partial charge in [-0.25, -0.2) is 0 Å². The lowest BCUT2D eigenvalue weighted by Crippen LogP contribution is -2.66. The van der Waals surface area contributed by atoms with Crippen molar-refractivity contribution in [1.29, 1.82) is 0 Å². The molecule has 4 nitrogen and oxygen atoms in total. The van der Waals surface area contributed by atoms with Crippen molar-refractivity contribution in [3.8, 4) is 0 Å². The highest BCUT2D eigenvalue weighted by molar-refractivity contribution is 5.96. The quantitative estimate of drug-likeness (QED) is 0.851. The molecule has 1 N–H and O–H groups in total. The van der Waals surface area contributed by atoms with Gasteiger partial charge in [-0.2, -0.15) is 0 Å². The Morgan fingerprint density at radius 1 is 1.14 bits per heavy atom. The zero-order valence-corrected chi connectivity index (χ0v) is 14.3. The van der Waals surface area contributed by atoms with Crippen molar-refractivity contribution in [3.63, 3.8) is 0 Å². The van der Waals surface area contributed by atoms with E-state index in [0.717, 1.165) is 19.3 Å². The largest absolute Gasteiger partial charge is 0.343 e. The van der Waals surface area contributed by atoms with Gasteiger partial charge in [0.2, 0.25) is 11.8 Å².